The molecule has 0 saturated carbocycles. The molecule has 2 aromatic heterocycles. The summed E-state index contributed by atoms with van der Waals surface area (Å²) in [6.45, 7) is 3.70. The monoisotopic (exact) mass is 400 g/mol. The maximum absolute atomic E-state index is 12.0. The fourth-order valence-corrected chi connectivity index (χ4v) is 2.33. The van der Waals surface area contributed by atoms with Gasteiger partial charge in [0.25, 0.3) is 11.8 Å². The minimum atomic E-state index is -0.331. The summed E-state index contributed by atoms with van der Waals surface area (Å²) in [5.41, 5.74) is 9.06. The lowest BCUT2D eigenvalue weighted by molar-refractivity contribution is 0.0946. The minimum Gasteiger partial charge on any atom is -0.267 e. The van der Waals surface area contributed by atoms with Gasteiger partial charge in [-0.05, 0) is 49.2 Å². The van der Waals surface area contributed by atoms with Gasteiger partial charge in [-0.15, -0.1) is 0 Å². The summed E-state index contributed by atoms with van der Waals surface area (Å²) in [6, 6.07) is 14.2. The summed E-state index contributed by atoms with van der Waals surface area (Å²) in [6.07, 6.45) is 6.07. The first-order valence-electron chi connectivity index (χ1n) is 9.13. The number of nitrogens with zero attached hydrogens (tertiary/aromatic N) is 4. The summed E-state index contributed by atoms with van der Waals surface area (Å²) >= 11 is 0. The van der Waals surface area contributed by atoms with E-state index in [1.165, 1.54) is 24.8 Å². The van der Waals surface area contributed by atoms with Crippen molar-refractivity contribution in [3.05, 3.63) is 94.6 Å². The van der Waals surface area contributed by atoms with Crippen LogP contribution in [0.25, 0.3) is 0 Å². The van der Waals surface area contributed by atoms with Crippen molar-refractivity contribution in [1.82, 2.24) is 20.8 Å². The van der Waals surface area contributed by atoms with Crippen molar-refractivity contribution in [2.45, 2.75) is 13.8 Å². The van der Waals surface area contributed by atoms with Crippen molar-refractivity contribution < 1.29 is 9.59 Å². The number of nitrogens with one attached hydrogen (secondary N) is 2. The topological polar surface area (TPSA) is 109 Å². The Labute approximate surface area is 173 Å². The van der Waals surface area contributed by atoms with Gasteiger partial charge in [-0.2, -0.15) is 10.2 Å². The van der Waals surface area contributed by atoms with Crippen molar-refractivity contribution in [1.29, 1.82) is 0 Å². The average Bonchev–Trinajstić information content (AvgIpc) is 2.75. The van der Waals surface area contributed by atoms with Crippen LogP contribution in [0.3, 0.4) is 0 Å². The molecule has 2 heterocycles. The number of carbonyl (C=O) groups excluding carboxylic acids is 2. The Hall–Kier alpha value is -4.20. The Kier molecular flexibility index (Phi) is 6.73. The molecule has 0 saturated heterocycles. The third kappa shape index (κ3) is 5.90. The number of hydrogen-bond donors (Lipinski definition) is 2. The predicted molar refractivity (Wildman–Crippen MR) is 115 cm³/mol. The van der Waals surface area contributed by atoms with Crippen molar-refractivity contribution >= 4 is 24.2 Å². The zero-order valence-electron chi connectivity index (χ0n) is 16.5. The molecule has 0 atom stereocenters. The van der Waals surface area contributed by atoms with Gasteiger partial charge in [-0.3, -0.25) is 19.6 Å². The smallest absolute Gasteiger partial charge is 0.267 e. The normalized spacial score (nSPS) is 11.0. The SMILES string of the molecule is Cc1ccc(C(=O)N/N=C\c2ccc(/C=N\NC(=O)c3ccc(C)nc3)cc2)cn1. The Morgan fingerprint density at radius 3 is 1.43 bits per heavy atom. The van der Waals surface area contributed by atoms with Crippen molar-refractivity contribution in [3.63, 3.8) is 0 Å². The van der Waals surface area contributed by atoms with Crippen molar-refractivity contribution in [3.8, 4) is 0 Å². The van der Waals surface area contributed by atoms with E-state index in [1.54, 1.807) is 24.3 Å². The minimum absolute atomic E-state index is 0.331. The van der Waals surface area contributed by atoms with Crippen LogP contribution in [0.15, 0.2) is 71.1 Å². The van der Waals surface area contributed by atoms with E-state index >= 15 is 0 Å². The number of aryl methyl sites for hydroxylation is 2. The Morgan fingerprint density at radius 1 is 0.700 bits per heavy atom. The van der Waals surface area contributed by atoms with E-state index in [-0.39, 0.29) is 11.8 Å². The number of benzene rings is 1. The second-order valence-corrected chi connectivity index (χ2v) is 6.44. The maximum Gasteiger partial charge on any atom is 0.272 e. The van der Waals surface area contributed by atoms with Gasteiger partial charge in [0.1, 0.15) is 0 Å². The first-order chi connectivity index (χ1) is 14.5. The zero-order chi connectivity index (χ0) is 21.3. The molecule has 0 aliphatic rings. The van der Waals surface area contributed by atoms with Crippen LogP contribution in [-0.4, -0.2) is 34.2 Å². The van der Waals surface area contributed by atoms with Crippen LogP contribution in [-0.2, 0) is 0 Å². The highest BCUT2D eigenvalue weighted by Gasteiger charge is 2.04. The van der Waals surface area contributed by atoms with Crippen LogP contribution in [0.1, 0.15) is 43.2 Å². The Morgan fingerprint density at radius 2 is 1.10 bits per heavy atom. The number of pyridine rings is 2. The summed E-state index contributed by atoms with van der Waals surface area (Å²) in [4.78, 5) is 32.1. The predicted octanol–water partition coefficient (Wildman–Crippen LogP) is 2.62. The van der Waals surface area contributed by atoms with Gasteiger partial charge in [0.2, 0.25) is 0 Å². The van der Waals surface area contributed by atoms with Gasteiger partial charge in [0.05, 0.1) is 23.6 Å². The molecule has 0 bridgehead atoms. The average molecular weight is 400 g/mol. The number of amides is 2. The standard InChI is InChI=1S/C22H20N6O2/c1-15-3-9-19(13-23-15)21(29)27-25-11-17-5-7-18(8-6-17)12-26-28-22(30)20-10-4-16(2)24-14-20/h3-14H,1-2H3,(H,27,29)(H,28,30)/b25-11-,26-12-. The first kappa shape index (κ1) is 20.5. The van der Waals surface area contributed by atoms with Crippen LogP contribution in [0, 0.1) is 13.8 Å². The fraction of sp³-hybridized carbons (Fsp3) is 0.0909. The molecular formula is C22H20N6O2. The second-order valence-electron chi connectivity index (χ2n) is 6.44. The van der Waals surface area contributed by atoms with Gasteiger partial charge >= 0.3 is 0 Å². The molecule has 2 N–H and O–H groups in total. The fourth-order valence-electron chi connectivity index (χ4n) is 2.33. The molecule has 8 nitrogen and oxygen atoms in total. The Bertz CT molecular complexity index is 984. The highest BCUT2D eigenvalue weighted by molar-refractivity contribution is 5.95. The lowest BCUT2D eigenvalue weighted by Crippen LogP contribution is -2.18. The van der Waals surface area contributed by atoms with E-state index in [4.69, 9.17) is 0 Å². The summed E-state index contributed by atoms with van der Waals surface area (Å²) in [7, 11) is 0. The van der Waals surface area contributed by atoms with Gasteiger partial charge in [-0.1, -0.05) is 24.3 Å². The molecule has 0 aliphatic heterocycles. The van der Waals surface area contributed by atoms with Crippen molar-refractivity contribution in [2.24, 2.45) is 10.2 Å². The molecule has 8 heteroatoms. The van der Waals surface area contributed by atoms with Crippen LogP contribution in [0.5, 0.6) is 0 Å². The molecule has 30 heavy (non-hydrogen) atoms. The third-order valence-corrected chi connectivity index (χ3v) is 4.04. The van der Waals surface area contributed by atoms with E-state index in [2.05, 4.69) is 31.0 Å². The van der Waals surface area contributed by atoms with E-state index < -0.39 is 0 Å². The van der Waals surface area contributed by atoms with E-state index in [1.807, 2.05) is 38.1 Å². The number of rotatable bonds is 6. The van der Waals surface area contributed by atoms with Crippen LogP contribution in [0.2, 0.25) is 0 Å². The van der Waals surface area contributed by atoms with E-state index in [9.17, 15) is 9.59 Å². The largest absolute Gasteiger partial charge is 0.272 e. The van der Waals surface area contributed by atoms with Crippen molar-refractivity contribution in [2.75, 3.05) is 0 Å². The molecular weight excluding hydrogens is 380 g/mol. The van der Waals surface area contributed by atoms with Crippen LogP contribution < -0.4 is 10.9 Å². The molecule has 0 unspecified atom stereocenters. The molecule has 0 fully saturated rings. The second kappa shape index (κ2) is 9.83. The summed E-state index contributed by atoms with van der Waals surface area (Å²) in [5.74, 6) is -0.663. The molecule has 150 valence electrons. The highest BCUT2D eigenvalue weighted by atomic mass is 16.2. The lowest BCUT2D eigenvalue weighted by atomic mass is 10.2. The van der Waals surface area contributed by atoms with E-state index in [0.29, 0.717) is 11.1 Å². The van der Waals surface area contributed by atoms with Gasteiger partial charge < -0.3 is 0 Å². The van der Waals surface area contributed by atoms with Gasteiger partial charge in [0, 0.05) is 23.8 Å². The lowest BCUT2D eigenvalue weighted by Gasteiger charge is -2.00. The number of hydrogen-bond acceptors (Lipinski definition) is 6. The number of carbonyl (C=O) groups is 2. The maximum atomic E-state index is 12.0. The molecule has 0 aliphatic carbocycles. The quantitative estimate of drug-likeness (QED) is 0.490. The summed E-state index contributed by atoms with van der Waals surface area (Å²) in [5, 5.41) is 7.89. The highest BCUT2D eigenvalue weighted by Crippen LogP contribution is 2.02. The molecule has 3 rings (SSSR count). The van der Waals surface area contributed by atoms with Gasteiger partial charge in [-0.25, -0.2) is 10.9 Å². The number of hydrazone groups is 2. The Balaban J connectivity index is 1.50. The number of aromatic nitrogens is 2. The molecule has 2 amide bonds. The summed E-state index contributed by atoms with van der Waals surface area (Å²) < 4.78 is 0. The molecule has 3 aromatic rings. The third-order valence-electron chi connectivity index (χ3n) is 4.04. The van der Waals surface area contributed by atoms with Gasteiger partial charge in [0.15, 0.2) is 0 Å². The zero-order valence-corrected chi connectivity index (χ0v) is 16.5. The molecule has 1 aromatic carbocycles. The molecule has 0 radical (unpaired) electrons. The van der Waals surface area contributed by atoms with Crippen LogP contribution >= 0.6 is 0 Å². The molecule has 0 spiro atoms. The first-order valence-corrected chi connectivity index (χ1v) is 9.13. The van der Waals surface area contributed by atoms with Crippen LogP contribution in [0.4, 0.5) is 0 Å². The van der Waals surface area contributed by atoms with E-state index in [0.717, 1.165) is 22.5 Å².